The van der Waals surface area contributed by atoms with Crippen LogP contribution in [0.2, 0.25) is 0 Å². The van der Waals surface area contributed by atoms with E-state index in [4.69, 9.17) is 9.78 Å². The molecule has 0 aromatic rings. The minimum atomic E-state index is -0.166. The zero-order chi connectivity index (χ0) is 9.36. The SMILES string of the molecule is CCCCC1(C)CCCCC12OO2. The molecule has 76 valence electrons. The van der Waals surface area contributed by atoms with Gasteiger partial charge in [-0.05, 0) is 19.3 Å². The van der Waals surface area contributed by atoms with Crippen molar-refractivity contribution >= 4 is 0 Å². The summed E-state index contributed by atoms with van der Waals surface area (Å²) in [6, 6.07) is 0. The molecule has 0 amide bonds. The van der Waals surface area contributed by atoms with Crippen LogP contribution >= 0.6 is 0 Å². The van der Waals surface area contributed by atoms with E-state index in [1.807, 2.05) is 0 Å². The Morgan fingerprint density at radius 3 is 2.46 bits per heavy atom. The van der Waals surface area contributed by atoms with Crippen molar-refractivity contribution in [2.75, 3.05) is 0 Å². The van der Waals surface area contributed by atoms with E-state index in [-0.39, 0.29) is 5.79 Å². The zero-order valence-electron chi connectivity index (χ0n) is 8.77. The average molecular weight is 184 g/mol. The second-order valence-electron chi connectivity index (χ2n) is 4.79. The summed E-state index contributed by atoms with van der Waals surface area (Å²) >= 11 is 0. The maximum Gasteiger partial charge on any atom is 0.239 e. The van der Waals surface area contributed by atoms with Crippen LogP contribution in [0.3, 0.4) is 0 Å². The fraction of sp³-hybridized carbons (Fsp3) is 1.00. The van der Waals surface area contributed by atoms with Crippen molar-refractivity contribution in [2.24, 2.45) is 5.41 Å². The largest absolute Gasteiger partial charge is 0.239 e. The minimum Gasteiger partial charge on any atom is -0.194 e. The standard InChI is InChI=1S/C11H20O2/c1-3-4-7-10(2)8-5-6-9-11(10)12-13-11/h3-9H2,1-2H3. The molecule has 1 saturated heterocycles. The van der Waals surface area contributed by atoms with Gasteiger partial charge in [-0.2, -0.15) is 9.78 Å². The topological polar surface area (TPSA) is 25.1 Å². The Balaban J connectivity index is 2.00. The molecular formula is C11H20O2. The van der Waals surface area contributed by atoms with Crippen molar-refractivity contribution in [1.29, 1.82) is 0 Å². The van der Waals surface area contributed by atoms with Crippen LogP contribution in [0.5, 0.6) is 0 Å². The summed E-state index contributed by atoms with van der Waals surface area (Å²) in [5, 5.41) is 0. The van der Waals surface area contributed by atoms with Gasteiger partial charge in [0.25, 0.3) is 0 Å². The summed E-state index contributed by atoms with van der Waals surface area (Å²) in [5.41, 5.74) is 0.293. The Kier molecular flexibility index (Phi) is 2.37. The first kappa shape index (κ1) is 9.47. The molecule has 2 fully saturated rings. The second kappa shape index (κ2) is 3.25. The molecule has 1 atom stereocenters. The van der Waals surface area contributed by atoms with E-state index >= 15 is 0 Å². The molecule has 2 nitrogen and oxygen atoms in total. The summed E-state index contributed by atoms with van der Waals surface area (Å²) in [6.45, 7) is 4.57. The molecule has 2 aliphatic rings. The number of hydrogen-bond donors (Lipinski definition) is 0. The van der Waals surface area contributed by atoms with Gasteiger partial charge in [-0.1, -0.05) is 33.1 Å². The number of hydrogen-bond acceptors (Lipinski definition) is 2. The number of rotatable bonds is 3. The van der Waals surface area contributed by atoms with Crippen LogP contribution in [0, 0.1) is 5.41 Å². The van der Waals surface area contributed by atoms with Gasteiger partial charge in [-0.25, -0.2) is 0 Å². The fourth-order valence-corrected chi connectivity index (χ4v) is 2.58. The fourth-order valence-electron chi connectivity index (χ4n) is 2.58. The summed E-state index contributed by atoms with van der Waals surface area (Å²) in [6.07, 6.45) is 8.80. The van der Waals surface area contributed by atoms with Crippen molar-refractivity contribution in [3.8, 4) is 0 Å². The highest BCUT2D eigenvalue weighted by atomic mass is 17.4. The first-order chi connectivity index (χ1) is 6.22. The third-order valence-corrected chi connectivity index (χ3v) is 3.77. The van der Waals surface area contributed by atoms with Crippen LogP contribution in [-0.4, -0.2) is 5.79 Å². The van der Waals surface area contributed by atoms with Gasteiger partial charge in [-0.15, -0.1) is 0 Å². The van der Waals surface area contributed by atoms with E-state index in [1.54, 1.807) is 0 Å². The molecule has 13 heavy (non-hydrogen) atoms. The highest BCUT2D eigenvalue weighted by molar-refractivity contribution is 4.96. The molecule has 1 saturated carbocycles. The first-order valence-electron chi connectivity index (χ1n) is 5.59. The molecule has 1 aliphatic heterocycles. The quantitative estimate of drug-likeness (QED) is 0.496. The molecule has 1 spiro atoms. The summed E-state index contributed by atoms with van der Waals surface area (Å²) in [4.78, 5) is 10.5. The smallest absolute Gasteiger partial charge is 0.194 e. The molecule has 2 rings (SSSR count). The molecule has 0 N–H and O–H groups in total. The predicted molar refractivity (Wildman–Crippen MR) is 51.0 cm³/mol. The van der Waals surface area contributed by atoms with Gasteiger partial charge in [0.2, 0.25) is 5.79 Å². The van der Waals surface area contributed by atoms with Gasteiger partial charge in [0.05, 0.1) is 0 Å². The van der Waals surface area contributed by atoms with Gasteiger partial charge >= 0.3 is 0 Å². The van der Waals surface area contributed by atoms with E-state index in [0.29, 0.717) is 5.41 Å². The molecule has 1 heterocycles. The predicted octanol–water partition coefficient (Wildman–Crippen LogP) is 3.42. The Labute approximate surface area is 80.5 Å². The van der Waals surface area contributed by atoms with E-state index in [1.165, 1.54) is 38.5 Å². The van der Waals surface area contributed by atoms with Crippen molar-refractivity contribution < 1.29 is 9.78 Å². The molecule has 0 aromatic heterocycles. The van der Waals surface area contributed by atoms with E-state index in [9.17, 15) is 0 Å². The molecule has 2 heteroatoms. The summed E-state index contributed by atoms with van der Waals surface area (Å²) < 4.78 is 0. The van der Waals surface area contributed by atoms with Crippen molar-refractivity contribution in [3.63, 3.8) is 0 Å². The van der Waals surface area contributed by atoms with Gasteiger partial charge < -0.3 is 0 Å². The average Bonchev–Trinajstić information content (AvgIpc) is 2.89. The Morgan fingerprint density at radius 2 is 1.85 bits per heavy atom. The van der Waals surface area contributed by atoms with Crippen LogP contribution in [0.1, 0.15) is 58.8 Å². The van der Waals surface area contributed by atoms with Gasteiger partial charge in [0.1, 0.15) is 0 Å². The molecule has 1 aliphatic carbocycles. The third-order valence-electron chi connectivity index (χ3n) is 3.77. The van der Waals surface area contributed by atoms with Crippen molar-refractivity contribution in [3.05, 3.63) is 0 Å². The van der Waals surface area contributed by atoms with E-state index in [0.717, 1.165) is 6.42 Å². The lowest BCUT2D eigenvalue weighted by molar-refractivity contribution is 0.0545. The maximum absolute atomic E-state index is 5.25. The van der Waals surface area contributed by atoms with Crippen molar-refractivity contribution in [1.82, 2.24) is 0 Å². The maximum atomic E-state index is 5.25. The van der Waals surface area contributed by atoms with Crippen LogP contribution in [-0.2, 0) is 9.78 Å². The second-order valence-corrected chi connectivity index (χ2v) is 4.79. The Hall–Kier alpha value is -0.0800. The third kappa shape index (κ3) is 1.50. The van der Waals surface area contributed by atoms with Crippen LogP contribution in [0.15, 0.2) is 0 Å². The Morgan fingerprint density at radius 1 is 1.15 bits per heavy atom. The van der Waals surface area contributed by atoms with Crippen LogP contribution < -0.4 is 0 Å². The van der Waals surface area contributed by atoms with E-state index < -0.39 is 0 Å². The molecule has 1 unspecified atom stereocenters. The van der Waals surface area contributed by atoms with Gasteiger partial charge in [0.15, 0.2) is 0 Å². The highest BCUT2D eigenvalue weighted by Gasteiger charge is 2.62. The van der Waals surface area contributed by atoms with E-state index in [2.05, 4.69) is 13.8 Å². The van der Waals surface area contributed by atoms with Gasteiger partial charge in [-0.3, -0.25) is 0 Å². The van der Waals surface area contributed by atoms with Crippen molar-refractivity contribution in [2.45, 2.75) is 64.6 Å². The highest BCUT2D eigenvalue weighted by Crippen LogP contribution is 2.57. The Bertz CT molecular complexity index is 187. The zero-order valence-corrected chi connectivity index (χ0v) is 8.77. The molecule has 0 aromatic carbocycles. The monoisotopic (exact) mass is 184 g/mol. The number of unbranched alkanes of at least 4 members (excludes halogenated alkanes) is 1. The minimum absolute atomic E-state index is 0.166. The van der Waals surface area contributed by atoms with Gasteiger partial charge in [0, 0.05) is 11.8 Å². The lowest BCUT2D eigenvalue weighted by Crippen LogP contribution is -2.38. The molecular weight excluding hydrogens is 164 g/mol. The molecule has 0 radical (unpaired) electrons. The summed E-state index contributed by atoms with van der Waals surface area (Å²) in [5.74, 6) is -0.166. The first-order valence-corrected chi connectivity index (χ1v) is 5.59. The normalized spacial score (nSPS) is 36.5. The summed E-state index contributed by atoms with van der Waals surface area (Å²) in [7, 11) is 0. The van der Waals surface area contributed by atoms with Crippen LogP contribution in [0.4, 0.5) is 0 Å². The van der Waals surface area contributed by atoms with Crippen LogP contribution in [0.25, 0.3) is 0 Å². The lowest BCUT2D eigenvalue weighted by Gasteiger charge is -2.36. The lowest BCUT2D eigenvalue weighted by atomic mass is 9.68. The molecule has 0 bridgehead atoms.